The number of fused-ring (bicyclic) bond motifs is 1. The normalized spacial score (nSPS) is 11.8. The molecule has 190 valence electrons. The van der Waals surface area contributed by atoms with Crippen molar-refractivity contribution in [2.75, 3.05) is 11.2 Å². The molecule has 4 aromatic carbocycles. The number of carboxylic acid groups (broad SMARTS) is 1. The first-order chi connectivity index (χ1) is 18.3. The van der Waals surface area contributed by atoms with Crippen molar-refractivity contribution in [3.05, 3.63) is 121 Å². The predicted molar refractivity (Wildman–Crippen MR) is 159 cm³/mol. The van der Waals surface area contributed by atoms with E-state index in [1.165, 1.54) is 22.5 Å². The van der Waals surface area contributed by atoms with Gasteiger partial charge < -0.3 is 16.3 Å². The average Bonchev–Trinajstić information content (AvgIpc) is 2.91. The van der Waals surface area contributed by atoms with Crippen molar-refractivity contribution in [3.8, 4) is 11.4 Å². The van der Waals surface area contributed by atoms with Crippen LogP contribution in [0.15, 0.2) is 110 Å². The van der Waals surface area contributed by atoms with Crippen LogP contribution in [0.2, 0.25) is 0 Å². The second kappa shape index (κ2) is 11.0. The van der Waals surface area contributed by atoms with E-state index in [2.05, 4.69) is 37.3 Å². The monoisotopic (exact) mass is 650 g/mol. The minimum atomic E-state index is -1.12. The lowest BCUT2D eigenvalue weighted by Crippen LogP contribution is -2.33. The largest absolute Gasteiger partial charge is 0.478 e. The molecule has 0 saturated heterocycles. The highest BCUT2D eigenvalue weighted by Crippen LogP contribution is 2.37. The van der Waals surface area contributed by atoms with Crippen LogP contribution >= 0.6 is 43.6 Å². The van der Waals surface area contributed by atoms with Gasteiger partial charge in [-0.3, -0.25) is 4.79 Å². The lowest BCUT2D eigenvalue weighted by atomic mass is 10.1. The topological polar surface area (TPSA) is 110 Å². The van der Waals surface area contributed by atoms with Gasteiger partial charge in [0, 0.05) is 25.1 Å². The Hall–Kier alpha value is -3.60. The molecule has 1 aromatic heterocycles. The molecule has 0 spiro atoms. The van der Waals surface area contributed by atoms with Gasteiger partial charge >= 0.3 is 5.97 Å². The van der Waals surface area contributed by atoms with E-state index in [-0.39, 0.29) is 16.9 Å². The van der Waals surface area contributed by atoms with Crippen LogP contribution in [0.3, 0.4) is 0 Å². The summed E-state index contributed by atoms with van der Waals surface area (Å²) in [5.74, 6) is -0.950. The number of thioether (sulfide) groups is 1. The number of benzene rings is 4. The molecule has 1 atom stereocenters. The first-order valence-electron chi connectivity index (χ1n) is 11.4. The summed E-state index contributed by atoms with van der Waals surface area (Å²) in [7, 11) is 0. The third-order valence-corrected chi connectivity index (χ3v) is 8.10. The molecule has 0 saturated carbocycles. The smallest absolute Gasteiger partial charge is 0.336 e. The van der Waals surface area contributed by atoms with Gasteiger partial charge in [-0.05, 0) is 51.8 Å². The molecule has 7 nitrogen and oxygen atoms in total. The molecular formula is C28H20Br2N4O3S. The maximum atomic E-state index is 14.0. The summed E-state index contributed by atoms with van der Waals surface area (Å²) in [5, 5.41) is 9.79. The Morgan fingerprint density at radius 2 is 1.66 bits per heavy atom. The molecule has 4 N–H and O–H groups in total. The molecule has 0 aliphatic rings. The van der Waals surface area contributed by atoms with E-state index in [9.17, 15) is 14.7 Å². The van der Waals surface area contributed by atoms with Crippen LogP contribution in [0, 0.1) is 0 Å². The Morgan fingerprint density at radius 3 is 2.39 bits per heavy atom. The summed E-state index contributed by atoms with van der Waals surface area (Å²) in [5.41, 5.74) is 11.4. The molecule has 0 bridgehead atoms. The van der Waals surface area contributed by atoms with Crippen LogP contribution < -0.4 is 16.7 Å². The molecule has 0 aliphatic carbocycles. The summed E-state index contributed by atoms with van der Waals surface area (Å²) in [4.78, 5) is 31.8. The number of nitrogens with zero attached hydrogens (tertiary/aromatic N) is 2. The van der Waals surface area contributed by atoms with Crippen molar-refractivity contribution in [1.82, 2.24) is 9.66 Å². The molecule has 5 rings (SSSR count). The minimum Gasteiger partial charge on any atom is -0.478 e. The molecule has 0 amide bonds. The molecule has 0 aliphatic heterocycles. The lowest BCUT2D eigenvalue weighted by Gasteiger charge is -2.24. The summed E-state index contributed by atoms with van der Waals surface area (Å²) >= 11 is 8.40. The quantitative estimate of drug-likeness (QED) is 0.0997. The van der Waals surface area contributed by atoms with Crippen LogP contribution in [0.25, 0.3) is 22.3 Å². The highest BCUT2D eigenvalue weighted by molar-refractivity contribution is 9.11. The zero-order valence-electron chi connectivity index (χ0n) is 19.6. The average molecular weight is 652 g/mol. The third-order valence-electron chi connectivity index (χ3n) is 5.80. The van der Waals surface area contributed by atoms with Crippen molar-refractivity contribution in [2.45, 2.75) is 10.3 Å². The predicted octanol–water partition coefficient (Wildman–Crippen LogP) is 6.90. The number of nitrogens with one attached hydrogen (secondary N) is 1. The number of aromatic nitrogens is 2. The van der Waals surface area contributed by atoms with Crippen molar-refractivity contribution >= 4 is 66.2 Å². The van der Waals surface area contributed by atoms with Gasteiger partial charge in [-0.1, -0.05) is 88.4 Å². The van der Waals surface area contributed by atoms with E-state index in [0.29, 0.717) is 31.1 Å². The number of nitrogen functional groups attached to an aromatic ring is 1. The standard InChI is InChI=1S/C28H20Br2N4O3S/c29-17-14-20-24(21(30)15-17)32-25(18-10-4-5-11-19(18)28(36)37)34(27(20)35)33-26(16-8-2-1-3-9-16)38-23-13-7-6-12-22(23)31/h1-15,26,33H,31H2,(H,36,37). The number of hydrogen-bond donors (Lipinski definition) is 3. The van der Waals surface area contributed by atoms with Gasteiger partial charge in [0.05, 0.1) is 16.5 Å². The highest BCUT2D eigenvalue weighted by Gasteiger charge is 2.23. The number of halogens is 2. The first-order valence-corrected chi connectivity index (χ1v) is 13.9. The number of para-hydroxylation sites is 1. The number of carbonyl (C=O) groups is 1. The fourth-order valence-electron chi connectivity index (χ4n) is 4.01. The summed E-state index contributed by atoms with van der Waals surface area (Å²) < 4.78 is 2.63. The molecule has 38 heavy (non-hydrogen) atoms. The minimum absolute atomic E-state index is 0.0266. The fraction of sp³-hybridized carbons (Fsp3) is 0.0357. The number of hydrogen-bond acceptors (Lipinski definition) is 6. The Bertz CT molecular complexity index is 1730. The summed E-state index contributed by atoms with van der Waals surface area (Å²) in [6.45, 7) is 0. The van der Waals surface area contributed by atoms with E-state index in [1.807, 2.05) is 54.6 Å². The van der Waals surface area contributed by atoms with Crippen LogP contribution in [0.4, 0.5) is 5.69 Å². The number of aromatic carboxylic acids is 1. The van der Waals surface area contributed by atoms with Crippen molar-refractivity contribution < 1.29 is 9.90 Å². The van der Waals surface area contributed by atoms with Crippen LogP contribution in [-0.2, 0) is 0 Å². The molecule has 0 fully saturated rings. The molecule has 10 heteroatoms. The highest BCUT2D eigenvalue weighted by atomic mass is 79.9. The van der Waals surface area contributed by atoms with Gasteiger partial charge in [0.2, 0.25) is 0 Å². The molecular weight excluding hydrogens is 632 g/mol. The van der Waals surface area contributed by atoms with Gasteiger partial charge in [-0.25, -0.2) is 14.5 Å². The molecule has 1 unspecified atom stereocenters. The van der Waals surface area contributed by atoms with Crippen LogP contribution in [0.5, 0.6) is 0 Å². The molecule has 1 heterocycles. The van der Waals surface area contributed by atoms with Crippen LogP contribution in [-0.4, -0.2) is 20.7 Å². The number of rotatable bonds is 7. The van der Waals surface area contributed by atoms with E-state index in [1.54, 1.807) is 30.3 Å². The van der Waals surface area contributed by atoms with Crippen molar-refractivity contribution in [1.29, 1.82) is 0 Å². The van der Waals surface area contributed by atoms with Gasteiger partial charge in [0.1, 0.15) is 5.37 Å². The summed E-state index contributed by atoms with van der Waals surface area (Å²) in [6, 6.07) is 27.1. The maximum absolute atomic E-state index is 14.0. The SMILES string of the molecule is Nc1ccccc1SC(Nn1c(-c2ccccc2C(=O)O)nc2c(Br)cc(Br)cc2c1=O)c1ccccc1. The molecule has 0 radical (unpaired) electrons. The number of nitrogens with two attached hydrogens (primary N) is 1. The Balaban J connectivity index is 1.76. The van der Waals surface area contributed by atoms with Gasteiger partial charge in [0.15, 0.2) is 5.82 Å². The second-order valence-electron chi connectivity index (χ2n) is 8.29. The van der Waals surface area contributed by atoms with Crippen molar-refractivity contribution in [3.63, 3.8) is 0 Å². The first kappa shape index (κ1) is 26.0. The van der Waals surface area contributed by atoms with Gasteiger partial charge in [-0.15, -0.1) is 0 Å². The zero-order valence-corrected chi connectivity index (χ0v) is 23.6. The lowest BCUT2D eigenvalue weighted by molar-refractivity contribution is 0.0697. The van der Waals surface area contributed by atoms with Crippen LogP contribution in [0.1, 0.15) is 21.3 Å². The second-order valence-corrected chi connectivity index (χ2v) is 11.2. The van der Waals surface area contributed by atoms with Gasteiger partial charge in [-0.2, -0.15) is 0 Å². The van der Waals surface area contributed by atoms with E-state index in [0.717, 1.165) is 10.5 Å². The Kier molecular flexibility index (Phi) is 7.55. The van der Waals surface area contributed by atoms with E-state index < -0.39 is 11.3 Å². The maximum Gasteiger partial charge on any atom is 0.336 e. The van der Waals surface area contributed by atoms with Crippen molar-refractivity contribution in [2.24, 2.45) is 0 Å². The zero-order chi connectivity index (χ0) is 26.8. The number of anilines is 1. The molecule has 5 aromatic rings. The van der Waals surface area contributed by atoms with E-state index in [4.69, 9.17) is 10.7 Å². The summed E-state index contributed by atoms with van der Waals surface area (Å²) in [6.07, 6.45) is 0. The van der Waals surface area contributed by atoms with Gasteiger partial charge in [0.25, 0.3) is 5.56 Å². The Morgan fingerprint density at radius 1 is 0.974 bits per heavy atom. The third kappa shape index (κ3) is 5.20. The number of carboxylic acids is 1. The Labute approximate surface area is 238 Å². The van der Waals surface area contributed by atoms with E-state index >= 15 is 0 Å². The fourth-order valence-corrected chi connectivity index (χ4v) is 6.39.